The van der Waals surface area contributed by atoms with E-state index < -0.39 is 17.8 Å². The first-order chi connectivity index (χ1) is 14.5. The van der Waals surface area contributed by atoms with Crippen LogP contribution in [-0.2, 0) is 23.9 Å². The van der Waals surface area contributed by atoms with Crippen molar-refractivity contribution in [3.63, 3.8) is 0 Å². The van der Waals surface area contributed by atoms with E-state index in [0.717, 1.165) is 19.3 Å². The molecule has 6 heteroatoms. The highest BCUT2D eigenvalue weighted by Crippen LogP contribution is 2.14. The lowest BCUT2D eigenvalue weighted by atomic mass is 10.0. The summed E-state index contributed by atoms with van der Waals surface area (Å²) in [6, 6.07) is -0.624. The maximum atomic E-state index is 12.0. The van der Waals surface area contributed by atoms with Gasteiger partial charge in [-0.2, -0.15) is 0 Å². The van der Waals surface area contributed by atoms with Gasteiger partial charge in [0.05, 0.1) is 0 Å². The van der Waals surface area contributed by atoms with Crippen LogP contribution in [0, 0.1) is 0 Å². The monoisotopic (exact) mass is 421 g/mol. The Morgan fingerprint density at radius 1 is 0.933 bits per heavy atom. The van der Waals surface area contributed by atoms with Crippen LogP contribution in [0.5, 0.6) is 0 Å². The average Bonchev–Trinajstić information content (AvgIpc) is 3.18. The first kappa shape index (κ1) is 26.1. The molecule has 170 valence electrons. The molecule has 1 atom stereocenters. The maximum Gasteiger partial charge on any atom is 0.333 e. The van der Waals surface area contributed by atoms with Crippen LogP contribution in [0.25, 0.3) is 0 Å². The molecule has 1 rings (SSSR count). The van der Waals surface area contributed by atoms with Crippen molar-refractivity contribution in [3.8, 4) is 0 Å². The van der Waals surface area contributed by atoms with E-state index in [0.29, 0.717) is 31.4 Å². The Labute approximate surface area is 181 Å². The normalized spacial score (nSPS) is 16.4. The molecule has 0 aliphatic carbocycles. The topological polar surface area (TPSA) is 89.5 Å². The number of nitrogens with one attached hydrogen (secondary N) is 1. The summed E-state index contributed by atoms with van der Waals surface area (Å²) in [4.78, 5) is 47.3. The number of allylic oxidation sites excluding steroid dienone is 2. The van der Waals surface area contributed by atoms with Crippen LogP contribution in [0.3, 0.4) is 0 Å². The number of ketones is 2. The van der Waals surface area contributed by atoms with Gasteiger partial charge in [0.15, 0.2) is 5.78 Å². The Kier molecular flexibility index (Phi) is 13.7. The molecule has 0 saturated carbocycles. The SMILES string of the molecule is CCCCCCCCCCCCC(=O)C(=O)CC=C(CC)OC(=O)[C@@H]1CCC(=O)N1. The maximum absolute atomic E-state index is 12.0. The van der Waals surface area contributed by atoms with Crippen LogP contribution < -0.4 is 5.32 Å². The lowest BCUT2D eigenvalue weighted by molar-refractivity contribution is -0.142. The summed E-state index contributed by atoms with van der Waals surface area (Å²) in [5.41, 5.74) is 0. The lowest BCUT2D eigenvalue weighted by Gasteiger charge is -2.11. The van der Waals surface area contributed by atoms with Crippen molar-refractivity contribution >= 4 is 23.4 Å². The van der Waals surface area contributed by atoms with Crippen LogP contribution in [0.4, 0.5) is 0 Å². The standard InChI is InChI=1S/C24H39NO5/c1-3-5-6-7-8-9-10-11-12-13-14-21(26)22(27)17-15-19(4-2)30-24(29)20-16-18-23(28)25-20/h15,20H,3-14,16-18H2,1-2H3,(H,25,28)/t20-/m0/s1. The highest BCUT2D eigenvalue weighted by molar-refractivity contribution is 6.37. The lowest BCUT2D eigenvalue weighted by Crippen LogP contribution is -2.34. The Bertz CT molecular complexity index is 596. The molecule has 0 aromatic carbocycles. The molecule has 1 heterocycles. The molecule has 0 aromatic heterocycles. The second kappa shape index (κ2) is 15.8. The van der Waals surface area contributed by atoms with Gasteiger partial charge in [0.2, 0.25) is 11.7 Å². The number of carbonyl (C=O) groups is 4. The highest BCUT2D eigenvalue weighted by atomic mass is 16.5. The summed E-state index contributed by atoms with van der Waals surface area (Å²) in [5, 5.41) is 2.56. The minimum absolute atomic E-state index is 0.0515. The van der Waals surface area contributed by atoms with E-state index in [4.69, 9.17) is 4.74 Å². The van der Waals surface area contributed by atoms with E-state index in [9.17, 15) is 19.2 Å². The minimum atomic E-state index is -0.624. The van der Waals surface area contributed by atoms with Gasteiger partial charge in [0.25, 0.3) is 0 Å². The predicted molar refractivity (Wildman–Crippen MR) is 117 cm³/mol. The molecular weight excluding hydrogens is 382 g/mol. The summed E-state index contributed by atoms with van der Waals surface area (Å²) in [6.45, 7) is 4.03. The van der Waals surface area contributed by atoms with Crippen LogP contribution >= 0.6 is 0 Å². The zero-order valence-electron chi connectivity index (χ0n) is 18.8. The zero-order chi connectivity index (χ0) is 22.2. The fourth-order valence-electron chi connectivity index (χ4n) is 3.48. The number of ether oxygens (including phenoxy) is 1. The van der Waals surface area contributed by atoms with Crippen molar-refractivity contribution < 1.29 is 23.9 Å². The van der Waals surface area contributed by atoms with E-state index >= 15 is 0 Å². The van der Waals surface area contributed by atoms with Gasteiger partial charge in [0.1, 0.15) is 11.8 Å². The molecule has 1 aliphatic heterocycles. The third-order valence-corrected chi connectivity index (χ3v) is 5.44. The minimum Gasteiger partial charge on any atom is -0.430 e. The number of amides is 1. The fraction of sp³-hybridized carbons (Fsp3) is 0.750. The quantitative estimate of drug-likeness (QED) is 0.155. The smallest absolute Gasteiger partial charge is 0.333 e. The molecule has 1 N–H and O–H groups in total. The fourth-order valence-corrected chi connectivity index (χ4v) is 3.48. The molecule has 30 heavy (non-hydrogen) atoms. The van der Waals surface area contributed by atoms with Crippen molar-refractivity contribution in [2.45, 2.75) is 116 Å². The van der Waals surface area contributed by atoms with Gasteiger partial charge < -0.3 is 10.1 Å². The molecule has 0 bridgehead atoms. The van der Waals surface area contributed by atoms with E-state index in [1.807, 2.05) is 6.92 Å². The molecule has 1 aliphatic rings. The van der Waals surface area contributed by atoms with Crippen LogP contribution in [0.15, 0.2) is 11.8 Å². The first-order valence-electron chi connectivity index (χ1n) is 11.7. The highest BCUT2D eigenvalue weighted by Gasteiger charge is 2.29. The summed E-state index contributed by atoms with van der Waals surface area (Å²) in [6.07, 6.45) is 14.8. The van der Waals surface area contributed by atoms with E-state index in [1.165, 1.54) is 51.0 Å². The Morgan fingerprint density at radius 2 is 1.53 bits per heavy atom. The first-order valence-corrected chi connectivity index (χ1v) is 11.7. The Morgan fingerprint density at radius 3 is 2.07 bits per heavy atom. The summed E-state index contributed by atoms with van der Waals surface area (Å²) < 4.78 is 5.27. The van der Waals surface area contributed by atoms with Gasteiger partial charge in [-0.15, -0.1) is 0 Å². The Hall–Kier alpha value is -1.98. The van der Waals surface area contributed by atoms with E-state index in [-0.39, 0.29) is 18.1 Å². The molecule has 6 nitrogen and oxygen atoms in total. The zero-order valence-corrected chi connectivity index (χ0v) is 18.8. The van der Waals surface area contributed by atoms with Crippen molar-refractivity contribution in [1.29, 1.82) is 0 Å². The summed E-state index contributed by atoms with van der Waals surface area (Å²) >= 11 is 0. The van der Waals surface area contributed by atoms with Crippen LogP contribution in [-0.4, -0.2) is 29.5 Å². The largest absolute Gasteiger partial charge is 0.430 e. The molecule has 1 saturated heterocycles. The van der Waals surface area contributed by atoms with Gasteiger partial charge >= 0.3 is 5.97 Å². The average molecular weight is 422 g/mol. The van der Waals surface area contributed by atoms with Gasteiger partial charge in [-0.05, 0) is 18.9 Å². The molecule has 1 fully saturated rings. The van der Waals surface area contributed by atoms with E-state index in [2.05, 4.69) is 12.2 Å². The number of unbranched alkanes of at least 4 members (excludes halogenated alkanes) is 9. The number of rotatable bonds is 17. The van der Waals surface area contributed by atoms with Gasteiger partial charge in [-0.25, -0.2) is 4.79 Å². The number of Topliss-reactive ketones (excluding diaryl/α,β-unsaturated/α-hetero) is 2. The van der Waals surface area contributed by atoms with Crippen molar-refractivity contribution in [1.82, 2.24) is 5.32 Å². The van der Waals surface area contributed by atoms with Crippen LogP contribution in [0.1, 0.15) is 110 Å². The third kappa shape index (κ3) is 11.3. The molecule has 1 amide bonds. The Balaban J connectivity index is 2.17. The number of hydrogen-bond donors (Lipinski definition) is 1. The second-order valence-electron chi connectivity index (χ2n) is 8.09. The van der Waals surface area contributed by atoms with Gasteiger partial charge in [0, 0.05) is 25.7 Å². The molecule has 0 radical (unpaired) electrons. The van der Waals surface area contributed by atoms with Crippen molar-refractivity contribution in [2.75, 3.05) is 0 Å². The van der Waals surface area contributed by atoms with Crippen molar-refractivity contribution in [2.24, 2.45) is 0 Å². The predicted octanol–water partition coefficient (Wildman–Crippen LogP) is 4.94. The van der Waals surface area contributed by atoms with Crippen LogP contribution in [0.2, 0.25) is 0 Å². The number of carbonyl (C=O) groups excluding carboxylic acids is 4. The van der Waals surface area contributed by atoms with Gasteiger partial charge in [-0.3, -0.25) is 14.4 Å². The second-order valence-corrected chi connectivity index (χ2v) is 8.09. The number of esters is 1. The number of hydrogen-bond acceptors (Lipinski definition) is 5. The molecule has 0 spiro atoms. The van der Waals surface area contributed by atoms with Crippen molar-refractivity contribution in [3.05, 3.63) is 11.8 Å². The molecule has 0 unspecified atom stereocenters. The summed E-state index contributed by atoms with van der Waals surface area (Å²) in [5.74, 6) is -1.11. The van der Waals surface area contributed by atoms with Gasteiger partial charge in [-0.1, -0.05) is 71.6 Å². The van der Waals surface area contributed by atoms with E-state index in [1.54, 1.807) is 0 Å². The molecule has 0 aromatic rings. The summed E-state index contributed by atoms with van der Waals surface area (Å²) in [7, 11) is 0. The third-order valence-electron chi connectivity index (χ3n) is 5.44. The molecular formula is C24H39NO5.